The summed E-state index contributed by atoms with van der Waals surface area (Å²) in [4.78, 5) is 31.8. The molecule has 3 heterocycles. The number of H-pyrrole nitrogens is 1. The number of nitrogens with one attached hydrogen (secondary N) is 2. The van der Waals surface area contributed by atoms with Crippen molar-refractivity contribution in [2.75, 3.05) is 33.9 Å². The summed E-state index contributed by atoms with van der Waals surface area (Å²) in [6.45, 7) is 6.53. The number of benzene rings is 2. The highest BCUT2D eigenvalue weighted by Gasteiger charge is 2.35. The summed E-state index contributed by atoms with van der Waals surface area (Å²) in [5.74, 6) is 0.109. The molecule has 0 radical (unpaired) electrons. The molecule has 5 rings (SSSR count). The number of para-hydroxylation sites is 1. The number of aromatic nitrogens is 2. The molecular formula is C29H32N4O5. The van der Waals surface area contributed by atoms with E-state index < -0.39 is 17.9 Å². The van der Waals surface area contributed by atoms with E-state index in [4.69, 9.17) is 9.47 Å². The van der Waals surface area contributed by atoms with Crippen LogP contribution in [0.15, 0.2) is 48.8 Å². The molecule has 1 unspecified atom stereocenters. The van der Waals surface area contributed by atoms with Gasteiger partial charge in [-0.15, -0.1) is 0 Å². The number of imide groups is 1. The maximum absolute atomic E-state index is 13.3. The second kappa shape index (κ2) is 10.4. The summed E-state index contributed by atoms with van der Waals surface area (Å²) in [5.41, 5.74) is 3.38. The highest BCUT2D eigenvalue weighted by Crippen LogP contribution is 2.43. The van der Waals surface area contributed by atoms with Crippen LogP contribution >= 0.6 is 0 Å². The number of rotatable bonds is 10. The van der Waals surface area contributed by atoms with Crippen LogP contribution in [0, 0.1) is 0 Å². The molecule has 198 valence electrons. The number of hydrogen-bond acceptors (Lipinski definition) is 6. The lowest BCUT2D eigenvalue weighted by atomic mass is 9.95. The van der Waals surface area contributed by atoms with Crippen molar-refractivity contribution in [1.29, 1.82) is 0 Å². The Labute approximate surface area is 220 Å². The number of likely N-dealkylation sites (N-methyl/N-ethyl adjacent to an activating group) is 1. The van der Waals surface area contributed by atoms with Gasteiger partial charge in [0.2, 0.25) is 0 Å². The van der Waals surface area contributed by atoms with Crippen LogP contribution < -0.4 is 14.8 Å². The van der Waals surface area contributed by atoms with Crippen LogP contribution in [0.25, 0.3) is 33.0 Å². The van der Waals surface area contributed by atoms with Gasteiger partial charge in [-0.05, 0) is 31.3 Å². The fourth-order valence-electron chi connectivity index (χ4n) is 5.36. The number of aliphatic hydroxyl groups excluding tert-OH is 1. The average Bonchev–Trinajstić information content (AvgIpc) is 3.59. The normalized spacial score (nSPS) is 14.7. The molecule has 0 saturated carbocycles. The van der Waals surface area contributed by atoms with Gasteiger partial charge in [-0.2, -0.15) is 0 Å². The average molecular weight is 517 g/mol. The monoisotopic (exact) mass is 516 g/mol. The van der Waals surface area contributed by atoms with Gasteiger partial charge in [-0.1, -0.05) is 32.0 Å². The fourth-order valence-corrected chi connectivity index (χ4v) is 5.36. The minimum atomic E-state index is -0.671. The summed E-state index contributed by atoms with van der Waals surface area (Å²) in [6, 6.07) is 11.3. The Balaban J connectivity index is 1.73. The number of methoxy groups -OCH3 is 2. The van der Waals surface area contributed by atoms with Gasteiger partial charge >= 0.3 is 0 Å². The zero-order valence-corrected chi connectivity index (χ0v) is 22.0. The molecule has 0 aliphatic carbocycles. The smallest absolute Gasteiger partial charge is 0.259 e. The Morgan fingerprint density at radius 3 is 2.34 bits per heavy atom. The largest absolute Gasteiger partial charge is 0.493 e. The van der Waals surface area contributed by atoms with Gasteiger partial charge in [-0.25, -0.2) is 0 Å². The van der Waals surface area contributed by atoms with Crippen LogP contribution in [0.1, 0.15) is 25.0 Å². The Morgan fingerprint density at radius 2 is 1.66 bits per heavy atom. The molecule has 2 amide bonds. The molecule has 0 saturated heterocycles. The van der Waals surface area contributed by atoms with Crippen molar-refractivity contribution in [2.24, 2.45) is 0 Å². The van der Waals surface area contributed by atoms with Crippen LogP contribution in [0.4, 0.5) is 0 Å². The number of carbonyl (C=O) groups excluding carboxylic acids is 2. The molecule has 38 heavy (non-hydrogen) atoms. The number of ether oxygens (including phenoxy) is 2. The lowest BCUT2D eigenvalue weighted by Gasteiger charge is -2.22. The van der Waals surface area contributed by atoms with Crippen LogP contribution in [-0.4, -0.2) is 71.3 Å². The zero-order chi connectivity index (χ0) is 27.0. The lowest BCUT2D eigenvalue weighted by Crippen LogP contribution is -2.34. The van der Waals surface area contributed by atoms with E-state index >= 15 is 0 Å². The minimum Gasteiger partial charge on any atom is -0.493 e. The van der Waals surface area contributed by atoms with E-state index in [2.05, 4.69) is 29.0 Å². The van der Waals surface area contributed by atoms with Gasteiger partial charge in [0.1, 0.15) is 0 Å². The third-order valence-electron chi connectivity index (χ3n) is 7.21. The molecule has 0 fully saturated rings. The van der Waals surface area contributed by atoms with E-state index in [1.165, 1.54) is 0 Å². The molecule has 1 aliphatic rings. The quantitative estimate of drug-likeness (QED) is 0.279. The Hall–Kier alpha value is -4.08. The fraction of sp³-hybridized carbons (Fsp3) is 0.310. The van der Waals surface area contributed by atoms with E-state index in [9.17, 15) is 14.7 Å². The molecule has 3 N–H and O–H groups in total. The number of amides is 2. The van der Waals surface area contributed by atoms with Gasteiger partial charge in [0, 0.05) is 52.9 Å². The maximum atomic E-state index is 13.3. The van der Waals surface area contributed by atoms with E-state index in [-0.39, 0.29) is 12.1 Å². The minimum absolute atomic E-state index is 0.266. The molecule has 2 aromatic heterocycles. The van der Waals surface area contributed by atoms with Crippen molar-refractivity contribution in [3.8, 4) is 11.5 Å². The molecule has 4 aromatic rings. The van der Waals surface area contributed by atoms with E-state index in [0.29, 0.717) is 40.3 Å². The number of fused-ring (bicyclic) bond motifs is 2. The Kier molecular flexibility index (Phi) is 6.96. The number of carbonyl (C=O) groups is 2. The number of aliphatic hydroxyl groups is 1. The highest BCUT2D eigenvalue weighted by atomic mass is 16.5. The van der Waals surface area contributed by atoms with Gasteiger partial charge in [0.15, 0.2) is 11.5 Å². The van der Waals surface area contributed by atoms with Crippen molar-refractivity contribution in [3.05, 3.63) is 59.9 Å². The lowest BCUT2D eigenvalue weighted by molar-refractivity contribution is -0.122. The standard InChI is InChI=1S/C29H32N4O5/c1-5-32(6-2)14-17(34)15-33-16-21(19-11-12-23(37-3)27(38-4)26(19)33)25-24(28(35)31-29(25)36)20-13-30-22-10-8-7-9-18(20)22/h7-13,16-17,30,34H,5-6,14-15H2,1-4H3,(H,31,35,36). The Morgan fingerprint density at radius 1 is 0.947 bits per heavy atom. The van der Waals surface area contributed by atoms with Crippen LogP contribution in [-0.2, 0) is 16.1 Å². The van der Waals surface area contributed by atoms with E-state index in [1.54, 1.807) is 26.5 Å². The summed E-state index contributed by atoms with van der Waals surface area (Å²) in [5, 5.41) is 15.0. The van der Waals surface area contributed by atoms with Crippen LogP contribution in [0.3, 0.4) is 0 Å². The topological polar surface area (TPSA) is 109 Å². The van der Waals surface area contributed by atoms with Gasteiger partial charge in [0.25, 0.3) is 11.8 Å². The van der Waals surface area contributed by atoms with Crippen molar-refractivity contribution in [2.45, 2.75) is 26.5 Å². The molecule has 9 nitrogen and oxygen atoms in total. The predicted octanol–water partition coefficient (Wildman–Crippen LogP) is 3.41. The van der Waals surface area contributed by atoms with Gasteiger partial charge in [-0.3, -0.25) is 14.9 Å². The van der Waals surface area contributed by atoms with Crippen molar-refractivity contribution in [1.82, 2.24) is 19.8 Å². The summed E-state index contributed by atoms with van der Waals surface area (Å²) in [7, 11) is 3.12. The molecule has 2 aromatic carbocycles. The Bertz CT molecular complexity index is 1560. The first-order chi connectivity index (χ1) is 18.4. The summed E-state index contributed by atoms with van der Waals surface area (Å²) >= 11 is 0. The number of aromatic amines is 1. The molecule has 1 aliphatic heterocycles. The summed E-state index contributed by atoms with van der Waals surface area (Å²) in [6.07, 6.45) is 2.91. The van der Waals surface area contributed by atoms with Crippen molar-refractivity contribution >= 4 is 44.8 Å². The first-order valence-corrected chi connectivity index (χ1v) is 12.7. The van der Waals surface area contributed by atoms with Crippen LogP contribution in [0.5, 0.6) is 11.5 Å². The second-order valence-electron chi connectivity index (χ2n) is 9.31. The third kappa shape index (κ3) is 4.23. The van der Waals surface area contributed by atoms with Gasteiger partial charge in [0.05, 0.1) is 37.0 Å². The summed E-state index contributed by atoms with van der Waals surface area (Å²) < 4.78 is 13.2. The first kappa shape index (κ1) is 25.6. The molecule has 0 spiro atoms. The van der Waals surface area contributed by atoms with E-state index in [1.807, 2.05) is 41.1 Å². The second-order valence-corrected chi connectivity index (χ2v) is 9.31. The molecular weight excluding hydrogens is 484 g/mol. The SMILES string of the molecule is CCN(CC)CC(O)Cn1cc(C2=C(c3c[nH]c4ccccc34)C(=O)NC2=O)c2ccc(OC)c(OC)c21. The molecule has 1 atom stereocenters. The highest BCUT2D eigenvalue weighted by molar-refractivity contribution is 6.50. The molecule has 0 bridgehead atoms. The van der Waals surface area contributed by atoms with Crippen molar-refractivity contribution in [3.63, 3.8) is 0 Å². The third-order valence-corrected chi connectivity index (χ3v) is 7.21. The van der Waals surface area contributed by atoms with E-state index in [0.717, 1.165) is 29.4 Å². The zero-order valence-electron chi connectivity index (χ0n) is 22.0. The van der Waals surface area contributed by atoms with Gasteiger partial charge < -0.3 is 29.0 Å². The van der Waals surface area contributed by atoms with Crippen LogP contribution in [0.2, 0.25) is 0 Å². The van der Waals surface area contributed by atoms with Crippen molar-refractivity contribution < 1.29 is 24.2 Å². The predicted molar refractivity (Wildman–Crippen MR) is 147 cm³/mol. The number of nitrogens with zero attached hydrogens (tertiary/aromatic N) is 2. The number of hydrogen-bond donors (Lipinski definition) is 3. The first-order valence-electron chi connectivity index (χ1n) is 12.7. The molecule has 9 heteroatoms. The maximum Gasteiger partial charge on any atom is 0.259 e.